The monoisotopic (exact) mass is 396 g/mol. The van der Waals surface area contributed by atoms with Crippen LogP contribution in [0.15, 0.2) is 54.6 Å². The van der Waals surface area contributed by atoms with E-state index in [1.807, 2.05) is 49.4 Å². The Kier molecular flexibility index (Phi) is 5.30. The molecule has 6 nitrogen and oxygen atoms in total. The van der Waals surface area contributed by atoms with Crippen molar-refractivity contribution < 1.29 is 19.1 Å². The molecule has 29 heavy (non-hydrogen) atoms. The van der Waals surface area contributed by atoms with E-state index in [4.69, 9.17) is 9.47 Å². The predicted molar refractivity (Wildman–Crippen MR) is 112 cm³/mol. The second kappa shape index (κ2) is 7.43. The van der Waals surface area contributed by atoms with Crippen LogP contribution in [0.1, 0.15) is 33.3 Å². The lowest BCUT2D eigenvalue weighted by Crippen LogP contribution is -2.82. The molecular weight excluding hydrogens is 368 g/mol. The number of amides is 1. The number of rotatable bonds is 5. The first kappa shape index (κ1) is 20.7. The van der Waals surface area contributed by atoms with Gasteiger partial charge >= 0.3 is 5.97 Å². The number of nitrogens with zero attached hydrogens (tertiary/aromatic N) is 2. The molecule has 0 bridgehead atoms. The molecule has 0 N–H and O–H groups in total. The van der Waals surface area contributed by atoms with Crippen LogP contribution in [0.2, 0.25) is 0 Å². The van der Waals surface area contributed by atoms with Gasteiger partial charge in [0.1, 0.15) is 11.4 Å². The van der Waals surface area contributed by atoms with Gasteiger partial charge in [0.05, 0.1) is 5.69 Å². The van der Waals surface area contributed by atoms with Crippen LogP contribution in [-0.4, -0.2) is 41.2 Å². The number of hydrazine groups is 1. The van der Waals surface area contributed by atoms with Gasteiger partial charge in [-0.2, -0.15) is 0 Å². The smallest absolute Gasteiger partial charge is 0.338 e. The van der Waals surface area contributed by atoms with Gasteiger partial charge < -0.3 is 9.47 Å². The molecule has 0 radical (unpaired) electrons. The molecule has 0 aliphatic carbocycles. The predicted octanol–water partition coefficient (Wildman–Crippen LogP) is 3.74. The third kappa shape index (κ3) is 3.92. The molecule has 3 rings (SSSR count). The SMILES string of the molecule is Cc1ccc(N(C)N2C(=O)[C@@H](Oc3ccccc3)[C@@]2(C)C(=O)OC(C)(C)C)cc1. The molecule has 1 fully saturated rings. The van der Waals surface area contributed by atoms with Gasteiger partial charge in [0.15, 0.2) is 0 Å². The number of para-hydroxylation sites is 1. The van der Waals surface area contributed by atoms with Gasteiger partial charge in [-0.05, 0) is 58.9 Å². The van der Waals surface area contributed by atoms with Crippen molar-refractivity contribution >= 4 is 17.6 Å². The molecule has 1 aliphatic rings. The minimum atomic E-state index is -1.31. The fraction of sp³-hybridized carbons (Fsp3) is 0.391. The molecule has 154 valence electrons. The van der Waals surface area contributed by atoms with E-state index < -0.39 is 23.2 Å². The quantitative estimate of drug-likeness (QED) is 0.569. The summed E-state index contributed by atoms with van der Waals surface area (Å²) < 4.78 is 11.6. The number of benzene rings is 2. The molecule has 1 saturated heterocycles. The summed E-state index contributed by atoms with van der Waals surface area (Å²) in [6, 6.07) is 16.7. The molecule has 6 heteroatoms. The third-order valence-corrected chi connectivity index (χ3v) is 4.90. The zero-order chi connectivity index (χ0) is 21.4. The summed E-state index contributed by atoms with van der Waals surface area (Å²) in [4.78, 5) is 26.3. The van der Waals surface area contributed by atoms with Crippen LogP contribution in [0.4, 0.5) is 5.69 Å². The van der Waals surface area contributed by atoms with E-state index in [1.54, 1.807) is 51.9 Å². The lowest BCUT2D eigenvalue weighted by Gasteiger charge is -2.56. The molecule has 0 unspecified atom stereocenters. The number of aryl methyl sites for hydroxylation is 1. The van der Waals surface area contributed by atoms with Gasteiger partial charge in [-0.15, -0.1) is 0 Å². The highest BCUT2D eigenvalue weighted by molar-refractivity contribution is 6.03. The fourth-order valence-corrected chi connectivity index (χ4v) is 3.34. The van der Waals surface area contributed by atoms with Crippen LogP contribution in [0.25, 0.3) is 0 Å². The first-order chi connectivity index (χ1) is 13.5. The molecule has 2 aromatic carbocycles. The minimum Gasteiger partial charge on any atom is -0.477 e. The molecule has 1 aliphatic heterocycles. The zero-order valence-corrected chi connectivity index (χ0v) is 17.8. The zero-order valence-electron chi connectivity index (χ0n) is 17.8. The number of anilines is 1. The number of hydrogen-bond acceptors (Lipinski definition) is 5. The molecule has 2 aromatic rings. The van der Waals surface area contributed by atoms with Gasteiger partial charge in [-0.3, -0.25) is 9.80 Å². The Morgan fingerprint density at radius 3 is 2.21 bits per heavy atom. The first-order valence-electron chi connectivity index (χ1n) is 9.63. The normalized spacial score (nSPS) is 21.4. The lowest BCUT2D eigenvalue weighted by molar-refractivity contribution is -0.203. The standard InChI is InChI=1S/C23H28N2O4/c1-16-12-14-17(15-13-16)24(6)25-20(26)19(28-18-10-8-7-9-11-18)23(25,5)21(27)29-22(2,3)4/h7-15,19H,1-6H3/t19-,23+/m1/s1. The van der Waals surface area contributed by atoms with Gasteiger partial charge in [-0.1, -0.05) is 35.9 Å². The Bertz CT molecular complexity index is 889. The highest BCUT2D eigenvalue weighted by Crippen LogP contribution is 2.39. The van der Waals surface area contributed by atoms with Crippen molar-refractivity contribution in [2.24, 2.45) is 0 Å². The van der Waals surface area contributed by atoms with E-state index in [-0.39, 0.29) is 5.91 Å². The summed E-state index contributed by atoms with van der Waals surface area (Å²) in [5, 5.41) is 3.09. The third-order valence-electron chi connectivity index (χ3n) is 4.90. The molecular formula is C23H28N2O4. The average Bonchev–Trinajstić information content (AvgIpc) is 2.66. The Hall–Kier alpha value is -3.02. The van der Waals surface area contributed by atoms with Crippen LogP contribution in [0.5, 0.6) is 5.75 Å². The van der Waals surface area contributed by atoms with Crippen LogP contribution < -0.4 is 9.75 Å². The number of ether oxygens (including phenoxy) is 2. The summed E-state index contributed by atoms with van der Waals surface area (Å²) in [5.41, 5.74) is -0.0987. The lowest BCUT2D eigenvalue weighted by atomic mass is 9.83. The number of hydrogen-bond donors (Lipinski definition) is 0. The second-order valence-corrected chi connectivity index (χ2v) is 8.47. The van der Waals surface area contributed by atoms with E-state index in [2.05, 4.69) is 0 Å². The number of β-lactam (4-membered cyclic amide) rings is 1. The Morgan fingerprint density at radius 2 is 1.66 bits per heavy atom. The van der Waals surface area contributed by atoms with Crippen LogP contribution in [0, 0.1) is 6.92 Å². The first-order valence-corrected chi connectivity index (χ1v) is 9.63. The van der Waals surface area contributed by atoms with Crippen LogP contribution in [-0.2, 0) is 14.3 Å². The highest BCUT2D eigenvalue weighted by Gasteiger charge is 2.67. The van der Waals surface area contributed by atoms with Crippen molar-refractivity contribution in [1.82, 2.24) is 5.01 Å². The van der Waals surface area contributed by atoms with Crippen LogP contribution >= 0.6 is 0 Å². The van der Waals surface area contributed by atoms with E-state index in [0.717, 1.165) is 11.3 Å². The highest BCUT2D eigenvalue weighted by atomic mass is 16.6. The van der Waals surface area contributed by atoms with Crippen molar-refractivity contribution in [3.8, 4) is 5.75 Å². The topological polar surface area (TPSA) is 59.1 Å². The number of carbonyl (C=O) groups is 2. The van der Waals surface area contributed by atoms with Gasteiger partial charge in [0.2, 0.25) is 11.6 Å². The van der Waals surface area contributed by atoms with Crippen molar-refractivity contribution in [2.75, 3.05) is 12.1 Å². The number of carbonyl (C=O) groups excluding carboxylic acids is 2. The van der Waals surface area contributed by atoms with Crippen molar-refractivity contribution in [2.45, 2.75) is 51.9 Å². The van der Waals surface area contributed by atoms with Crippen molar-refractivity contribution in [3.63, 3.8) is 0 Å². The van der Waals surface area contributed by atoms with Crippen molar-refractivity contribution in [1.29, 1.82) is 0 Å². The Morgan fingerprint density at radius 1 is 1.07 bits per heavy atom. The fourth-order valence-electron chi connectivity index (χ4n) is 3.34. The van der Waals surface area contributed by atoms with E-state index in [1.165, 1.54) is 5.01 Å². The Balaban J connectivity index is 1.95. The van der Waals surface area contributed by atoms with Gasteiger partial charge in [-0.25, -0.2) is 9.80 Å². The summed E-state index contributed by atoms with van der Waals surface area (Å²) in [6.07, 6.45) is -0.979. The number of esters is 1. The largest absolute Gasteiger partial charge is 0.477 e. The Labute approximate surface area is 172 Å². The van der Waals surface area contributed by atoms with E-state index in [0.29, 0.717) is 5.75 Å². The van der Waals surface area contributed by atoms with Crippen molar-refractivity contribution in [3.05, 3.63) is 60.2 Å². The molecule has 1 amide bonds. The van der Waals surface area contributed by atoms with Gasteiger partial charge in [0.25, 0.3) is 5.91 Å². The molecule has 0 saturated carbocycles. The second-order valence-electron chi connectivity index (χ2n) is 8.47. The molecule has 0 spiro atoms. The summed E-state index contributed by atoms with van der Waals surface area (Å²) >= 11 is 0. The minimum absolute atomic E-state index is 0.301. The maximum Gasteiger partial charge on any atom is 0.338 e. The maximum absolute atomic E-state index is 13.2. The molecule has 0 aromatic heterocycles. The van der Waals surface area contributed by atoms with Gasteiger partial charge in [0, 0.05) is 7.05 Å². The molecule has 1 heterocycles. The summed E-state index contributed by atoms with van der Waals surface area (Å²) in [6.45, 7) is 9.08. The average molecular weight is 396 g/mol. The maximum atomic E-state index is 13.2. The van der Waals surface area contributed by atoms with E-state index in [9.17, 15) is 9.59 Å². The summed E-state index contributed by atoms with van der Waals surface area (Å²) in [5.74, 6) is -0.284. The van der Waals surface area contributed by atoms with E-state index >= 15 is 0 Å². The van der Waals surface area contributed by atoms with Crippen LogP contribution in [0.3, 0.4) is 0 Å². The molecule has 2 atom stereocenters. The summed E-state index contributed by atoms with van der Waals surface area (Å²) in [7, 11) is 1.75.